The summed E-state index contributed by atoms with van der Waals surface area (Å²) in [7, 11) is 0. The molecule has 3 nitrogen and oxygen atoms in total. The Kier molecular flexibility index (Phi) is 3.26. The zero-order valence-electron chi connectivity index (χ0n) is 8.55. The van der Waals surface area contributed by atoms with E-state index < -0.39 is 11.9 Å². The van der Waals surface area contributed by atoms with Crippen molar-refractivity contribution < 1.29 is 13.9 Å². The molecular formula is C11H10FNO2S. The molecule has 0 aliphatic heterocycles. The highest BCUT2D eigenvalue weighted by Crippen LogP contribution is 2.33. The Hall–Kier alpha value is -1.33. The SMILES string of the molecule is CC(O)c1c(F)cccc1Sc1ncco1. The molecule has 0 amide bonds. The highest BCUT2D eigenvalue weighted by atomic mass is 32.2. The summed E-state index contributed by atoms with van der Waals surface area (Å²) in [6.45, 7) is 1.53. The molecule has 1 atom stereocenters. The summed E-state index contributed by atoms with van der Waals surface area (Å²) in [6.07, 6.45) is 2.10. The summed E-state index contributed by atoms with van der Waals surface area (Å²) in [5, 5.41) is 9.93. The molecule has 0 aliphatic carbocycles. The van der Waals surface area contributed by atoms with E-state index in [1.54, 1.807) is 12.1 Å². The topological polar surface area (TPSA) is 46.3 Å². The fourth-order valence-electron chi connectivity index (χ4n) is 1.37. The van der Waals surface area contributed by atoms with E-state index in [-0.39, 0.29) is 5.56 Å². The standard InChI is InChI=1S/C11H10FNO2S/c1-7(14)10-8(12)3-2-4-9(10)16-11-13-5-6-15-11/h2-7,14H,1H3. The van der Waals surface area contributed by atoms with Gasteiger partial charge in [-0.05, 0) is 30.8 Å². The molecule has 1 heterocycles. The molecule has 5 heteroatoms. The first-order valence-electron chi connectivity index (χ1n) is 4.72. The van der Waals surface area contributed by atoms with Crippen LogP contribution in [0.1, 0.15) is 18.6 Å². The van der Waals surface area contributed by atoms with Gasteiger partial charge in [-0.1, -0.05) is 6.07 Å². The lowest BCUT2D eigenvalue weighted by Gasteiger charge is -2.10. The Morgan fingerprint density at radius 2 is 2.31 bits per heavy atom. The van der Waals surface area contributed by atoms with Crippen molar-refractivity contribution in [3.63, 3.8) is 0 Å². The zero-order valence-corrected chi connectivity index (χ0v) is 9.37. The summed E-state index contributed by atoms with van der Waals surface area (Å²) in [5.41, 5.74) is 0.269. The van der Waals surface area contributed by atoms with E-state index >= 15 is 0 Å². The summed E-state index contributed by atoms with van der Waals surface area (Å²) in [6, 6.07) is 4.63. The van der Waals surface area contributed by atoms with Gasteiger partial charge in [-0.25, -0.2) is 9.37 Å². The van der Waals surface area contributed by atoms with E-state index in [0.717, 1.165) is 0 Å². The molecule has 0 spiro atoms. The maximum absolute atomic E-state index is 13.5. The second-order valence-corrected chi connectivity index (χ2v) is 4.22. The van der Waals surface area contributed by atoms with Gasteiger partial charge in [0.1, 0.15) is 12.1 Å². The van der Waals surface area contributed by atoms with E-state index in [0.29, 0.717) is 10.1 Å². The number of aliphatic hydroxyl groups excluding tert-OH is 1. The van der Waals surface area contributed by atoms with Crippen LogP contribution in [0.4, 0.5) is 4.39 Å². The number of aromatic nitrogens is 1. The minimum Gasteiger partial charge on any atom is -0.440 e. The van der Waals surface area contributed by atoms with Crippen LogP contribution in [0.25, 0.3) is 0 Å². The van der Waals surface area contributed by atoms with Gasteiger partial charge in [0, 0.05) is 10.5 Å². The van der Waals surface area contributed by atoms with Gasteiger partial charge in [0.25, 0.3) is 5.22 Å². The van der Waals surface area contributed by atoms with Crippen LogP contribution < -0.4 is 0 Å². The number of hydrogen-bond acceptors (Lipinski definition) is 4. The third kappa shape index (κ3) is 2.25. The van der Waals surface area contributed by atoms with Crippen LogP contribution in [-0.2, 0) is 0 Å². The molecule has 1 unspecified atom stereocenters. The van der Waals surface area contributed by atoms with Crippen LogP contribution in [0.15, 0.2) is 45.2 Å². The fourth-order valence-corrected chi connectivity index (χ4v) is 2.30. The number of benzene rings is 1. The van der Waals surface area contributed by atoms with Crippen molar-refractivity contribution >= 4 is 11.8 Å². The summed E-state index contributed by atoms with van der Waals surface area (Å²) in [4.78, 5) is 4.54. The Morgan fingerprint density at radius 1 is 1.50 bits per heavy atom. The average molecular weight is 239 g/mol. The minimum atomic E-state index is -0.862. The van der Waals surface area contributed by atoms with Crippen LogP contribution >= 0.6 is 11.8 Å². The number of rotatable bonds is 3. The second kappa shape index (κ2) is 4.67. The predicted octanol–water partition coefficient (Wildman–Crippen LogP) is 3.02. The minimum absolute atomic E-state index is 0.269. The highest BCUT2D eigenvalue weighted by Gasteiger charge is 2.15. The smallest absolute Gasteiger partial charge is 0.260 e. The lowest BCUT2D eigenvalue weighted by Crippen LogP contribution is -1.98. The first kappa shape index (κ1) is 11.2. The Morgan fingerprint density at radius 3 is 2.94 bits per heavy atom. The molecule has 2 rings (SSSR count). The van der Waals surface area contributed by atoms with Crippen LogP contribution in [-0.4, -0.2) is 10.1 Å². The van der Waals surface area contributed by atoms with Crippen molar-refractivity contribution in [2.75, 3.05) is 0 Å². The van der Waals surface area contributed by atoms with Gasteiger partial charge in [-0.15, -0.1) is 0 Å². The highest BCUT2D eigenvalue weighted by molar-refractivity contribution is 7.99. The number of hydrogen-bond donors (Lipinski definition) is 1. The molecule has 2 aromatic rings. The van der Waals surface area contributed by atoms with Gasteiger partial charge in [0.2, 0.25) is 0 Å². The molecule has 1 aromatic heterocycles. The van der Waals surface area contributed by atoms with E-state index in [2.05, 4.69) is 4.98 Å². The lowest BCUT2D eigenvalue weighted by atomic mass is 10.1. The van der Waals surface area contributed by atoms with Gasteiger partial charge >= 0.3 is 0 Å². The number of halogens is 1. The molecule has 84 valence electrons. The normalized spacial score (nSPS) is 12.7. The molecule has 1 N–H and O–H groups in total. The van der Waals surface area contributed by atoms with Gasteiger partial charge in [-0.2, -0.15) is 0 Å². The van der Waals surface area contributed by atoms with Crippen LogP contribution in [0.2, 0.25) is 0 Å². The van der Waals surface area contributed by atoms with Crippen molar-refractivity contribution in [2.24, 2.45) is 0 Å². The Labute approximate surface area is 96.3 Å². The molecule has 0 saturated carbocycles. The maximum Gasteiger partial charge on any atom is 0.260 e. The fraction of sp³-hybridized carbons (Fsp3) is 0.182. The molecule has 0 aliphatic rings. The third-order valence-electron chi connectivity index (χ3n) is 2.04. The van der Waals surface area contributed by atoms with Gasteiger partial charge in [-0.3, -0.25) is 0 Å². The number of nitrogens with zero attached hydrogens (tertiary/aromatic N) is 1. The van der Waals surface area contributed by atoms with Gasteiger partial charge in [0.15, 0.2) is 0 Å². The van der Waals surface area contributed by atoms with Gasteiger partial charge < -0.3 is 9.52 Å². The van der Waals surface area contributed by atoms with Crippen molar-refractivity contribution in [1.82, 2.24) is 4.98 Å². The molecular weight excluding hydrogens is 229 g/mol. The van der Waals surface area contributed by atoms with Crippen molar-refractivity contribution in [3.8, 4) is 0 Å². The molecule has 0 radical (unpaired) electrons. The first-order chi connectivity index (χ1) is 7.68. The van der Waals surface area contributed by atoms with Crippen LogP contribution in [0.3, 0.4) is 0 Å². The van der Waals surface area contributed by atoms with E-state index in [1.807, 2.05) is 0 Å². The maximum atomic E-state index is 13.5. The number of oxazole rings is 1. The molecule has 16 heavy (non-hydrogen) atoms. The van der Waals surface area contributed by atoms with Crippen LogP contribution in [0.5, 0.6) is 0 Å². The average Bonchev–Trinajstić information content (AvgIpc) is 2.70. The lowest BCUT2D eigenvalue weighted by molar-refractivity contribution is 0.191. The summed E-state index contributed by atoms with van der Waals surface area (Å²) < 4.78 is 18.6. The van der Waals surface area contributed by atoms with E-state index in [9.17, 15) is 9.50 Å². The van der Waals surface area contributed by atoms with Crippen molar-refractivity contribution in [1.29, 1.82) is 0 Å². The van der Waals surface area contributed by atoms with Crippen LogP contribution in [0, 0.1) is 5.82 Å². The Bertz CT molecular complexity index is 471. The van der Waals surface area contributed by atoms with Crippen molar-refractivity contribution in [2.45, 2.75) is 23.1 Å². The van der Waals surface area contributed by atoms with Crippen molar-refractivity contribution in [3.05, 3.63) is 42.0 Å². The predicted molar refractivity (Wildman–Crippen MR) is 57.7 cm³/mol. The quantitative estimate of drug-likeness (QED) is 0.894. The van der Waals surface area contributed by atoms with Gasteiger partial charge in [0.05, 0.1) is 12.3 Å². The number of aliphatic hydroxyl groups is 1. The largest absolute Gasteiger partial charge is 0.440 e. The zero-order chi connectivity index (χ0) is 11.5. The monoisotopic (exact) mass is 239 g/mol. The first-order valence-corrected chi connectivity index (χ1v) is 5.54. The molecule has 0 fully saturated rings. The molecule has 0 saturated heterocycles. The van der Waals surface area contributed by atoms with E-state index in [4.69, 9.17) is 4.42 Å². The summed E-state index contributed by atoms with van der Waals surface area (Å²) >= 11 is 1.19. The van der Waals surface area contributed by atoms with E-state index in [1.165, 1.54) is 37.2 Å². The Balaban J connectivity index is 2.37. The second-order valence-electron chi connectivity index (χ2n) is 3.23. The molecule has 1 aromatic carbocycles. The summed E-state index contributed by atoms with van der Waals surface area (Å²) in [5.74, 6) is -0.424. The molecule has 0 bridgehead atoms. The third-order valence-corrected chi connectivity index (χ3v) is 2.99.